The van der Waals surface area contributed by atoms with Crippen LogP contribution in [0, 0.1) is 160 Å². The molecule has 21 unspecified atom stereocenters. The molecule has 2 nitrogen and oxygen atoms in total. The number of aliphatic hydroxyl groups is 2. The van der Waals surface area contributed by atoms with Gasteiger partial charge in [-0.3, -0.25) is 0 Å². The molecule has 520 valence electrons. The number of hydrogen-bond donors (Lipinski definition) is 2. The lowest BCUT2D eigenvalue weighted by atomic mass is 9.48. The van der Waals surface area contributed by atoms with E-state index < -0.39 is 0 Å². The number of aliphatic hydroxyl groups excluding tert-OH is 2. The molecule has 2 heteroatoms. The van der Waals surface area contributed by atoms with Crippen LogP contribution in [0.4, 0.5) is 0 Å². The van der Waals surface area contributed by atoms with Gasteiger partial charge >= 0.3 is 0 Å². The summed E-state index contributed by atoms with van der Waals surface area (Å²) in [5.74, 6) is 14.8. The largest absolute Gasteiger partial charge is 0.393 e. The highest BCUT2D eigenvalue weighted by molar-refractivity contribution is 5.29. The van der Waals surface area contributed by atoms with Crippen molar-refractivity contribution in [3.8, 4) is 0 Å². The van der Waals surface area contributed by atoms with E-state index in [0.29, 0.717) is 43.3 Å². The van der Waals surface area contributed by atoms with Crippen molar-refractivity contribution >= 4 is 0 Å². The molecule has 11 fully saturated rings. The standard InChI is InChI=1S/2C10H18O.7C10H16/c1-9(2)7-4-5-10(3,6-7)8(9)11;1-9(2)7-4-5-10(9,3)8(11)6-7;1-7-4-9-5-8(7)6-10(9,2)3;1-9(2)7-10(3)5-4-8(9)6-10;2*1-7-4-5-8-6-9(7)10(8,2)3;2*1-7-4-5-8-9(6-7)10(8,2)3;1-7(2)10-5-4-8(3)9(10)6-10/h2*7-8,11H,4-6H2,1-3H3;4,8-9H,5-6H2,1-3H3;4-5,8H,6-7H2,1-3H3;4,8-9H,5-6H2,1-3H3;4-5,7-9H,6H2,1-3H3;6,8-9H,4-5H2,1-3H3;4,8-9H,5-6H2,1-3H3;4,7,9H,5-6H2,1-3H3. The summed E-state index contributed by atoms with van der Waals surface area (Å²) in [6, 6.07) is 0. The first-order valence-electron chi connectivity index (χ1n) is 39.3. The van der Waals surface area contributed by atoms with E-state index in [1.54, 1.807) is 27.9 Å². The van der Waals surface area contributed by atoms with Crippen molar-refractivity contribution in [2.24, 2.45) is 160 Å². The summed E-state index contributed by atoms with van der Waals surface area (Å²) in [4.78, 5) is 0. The molecule has 0 aliphatic heterocycles. The Kier molecular flexibility index (Phi) is 19.6. The minimum absolute atomic E-state index is 0.0313. The van der Waals surface area contributed by atoms with Crippen molar-refractivity contribution < 1.29 is 10.2 Å². The molecule has 0 aromatic carbocycles. The summed E-state index contributed by atoms with van der Waals surface area (Å²) in [5.41, 5.74) is 14.3. The van der Waals surface area contributed by atoms with Gasteiger partial charge in [0.1, 0.15) is 0 Å². The van der Waals surface area contributed by atoms with E-state index in [-0.39, 0.29) is 28.5 Å². The molecule has 11 saturated carbocycles. The molecular weight excluding hydrogens is 1110 g/mol. The van der Waals surface area contributed by atoms with Crippen LogP contribution in [0.2, 0.25) is 0 Å². The van der Waals surface area contributed by atoms with Crippen LogP contribution in [0.3, 0.4) is 0 Å². The molecular formula is C90H148O2. The van der Waals surface area contributed by atoms with Crippen LogP contribution in [-0.4, -0.2) is 22.4 Å². The summed E-state index contributed by atoms with van der Waals surface area (Å²) in [6.07, 6.45) is 47.6. The molecule has 20 aliphatic rings. The third-order valence-corrected chi connectivity index (χ3v) is 33.7. The molecule has 0 amide bonds. The molecule has 92 heavy (non-hydrogen) atoms. The van der Waals surface area contributed by atoms with Crippen molar-refractivity contribution in [2.75, 3.05) is 0 Å². The van der Waals surface area contributed by atoms with Gasteiger partial charge in [-0.1, -0.05) is 235 Å². The molecule has 0 aromatic heterocycles. The molecule has 2 N–H and O–H groups in total. The van der Waals surface area contributed by atoms with Gasteiger partial charge in [0, 0.05) is 0 Å². The smallest absolute Gasteiger partial charge is 0.0647 e. The van der Waals surface area contributed by atoms with Crippen LogP contribution in [0.5, 0.6) is 0 Å². The van der Waals surface area contributed by atoms with Crippen molar-refractivity contribution in [3.05, 3.63) is 82.5 Å². The van der Waals surface area contributed by atoms with Gasteiger partial charge in [0.2, 0.25) is 0 Å². The van der Waals surface area contributed by atoms with Gasteiger partial charge < -0.3 is 10.2 Å². The van der Waals surface area contributed by atoms with Crippen molar-refractivity contribution in [2.45, 2.75) is 321 Å². The molecule has 21 atom stereocenters. The number of hydrogen-bond acceptors (Lipinski definition) is 2. The number of fused-ring (bicyclic) bond motifs is 13. The first-order chi connectivity index (χ1) is 42.2. The summed E-state index contributed by atoms with van der Waals surface area (Å²) in [6.45, 7) is 63.3. The van der Waals surface area contributed by atoms with E-state index in [9.17, 15) is 10.2 Å². The Morgan fingerprint density at radius 1 is 0.489 bits per heavy atom. The van der Waals surface area contributed by atoms with Gasteiger partial charge in [-0.05, 0) is 316 Å². The Morgan fingerprint density at radius 3 is 1.46 bits per heavy atom. The maximum Gasteiger partial charge on any atom is 0.0647 e. The third-order valence-electron chi connectivity index (χ3n) is 33.7. The summed E-state index contributed by atoms with van der Waals surface area (Å²) < 4.78 is 0. The monoisotopic (exact) mass is 1260 g/mol. The van der Waals surface area contributed by atoms with E-state index in [1.165, 1.54) is 116 Å². The van der Waals surface area contributed by atoms with Gasteiger partial charge in [-0.15, -0.1) is 0 Å². The second kappa shape index (κ2) is 24.8. The predicted octanol–water partition coefficient (Wildman–Crippen LogP) is 25.2. The maximum atomic E-state index is 10.0. The van der Waals surface area contributed by atoms with Crippen LogP contribution < -0.4 is 0 Å². The van der Waals surface area contributed by atoms with Crippen molar-refractivity contribution in [1.29, 1.82) is 0 Å². The van der Waals surface area contributed by atoms with E-state index in [4.69, 9.17) is 0 Å². The third kappa shape index (κ3) is 13.2. The lowest BCUT2D eigenvalue weighted by Crippen LogP contribution is -2.49. The average molecular weight is 1260 g/mol. The highest BCUT2D eigenvalue weighted by atomic mass is 16.3. The quantitative estimate of drug-likeness (QED) is 0.257. The summed E-state index contributed by atoms with van der Waals surface area (Å²) in [5, 5.41) is 19.8. The molecule has 20 aliphatic carbocycles. The maximum absolute atomic E-state index is 10.0. The zero-order valence-corrected chi connectivity index (χ0v) is 65.4. The Morgan fingerprint density at radius 2 is 1.15 bits per heavy atom. The summed E-state index contributed by atoms with van der Waals surface area (Å²) in [7, 11) is 0. The number of rotatable bonds is 1. The van der Waals surface area contributed by atoms with Gasteiger partial charge in [0.15, 0.2) is 0 Å². The molecule has 0 heterocycles. The zero-order chi connectivity index (χ0) is 68.1. The molecule has 0 saturated heterocycles. The van der Waals surface area contributed by atoms with Gasteiger partial charge in [-0.25, -0.2) is 0 Å². The fourth-order valence-electron chi connectivity index (χ4n) is 24.6. The normalized spacial score (nSPS) is 46.4. The second-order valence-electron chi connectivity index (χ2n) is 42.4. The van der Waals surface area contributed by atoms with Crippen LogP contribution >= 0.6 is 0 Å². The summed E-state index contributed by atoms with van der Waals surface area (Å²) >= 11 is 0. The van der Waals surface area contributed by atoms with Crippen LogP contribution in [0.15, 0.2) is 82.5 Å². The van der Waals surface area contributed by atoms with Gasteiger partial charge in [0.25, 0.3) is 0 Å². The molecule has 0 spiro atoms. The minimum atomic E-state index is -0.0613. The van der Waals surface area contributed by atoms with Crippen molar-refractivity contribution in [1.82, 2.24) is 0 Å². The van der Waals surface area contributed by atoms with E-state index >= 15 is 0 Å². The SMILES string of the molecule is CC1(C)C2CCC1(C)C(O)C2.CC12C=CC(C1)C(C)(C)C2.CC12CCC(C1)C(C)(C)C2O.CC1=CC2C(CC1)C2(C)C.CC1=CC2CC1CC2(C)C.CC1=CCC2(C(C)C)CC12.CC1=CCC2C(C1)C2(C)C.CC1=CCC2CC1C2(C)C.CC1C=CC2CC1C2(C)C. The van der Waals surface area contributed by atoms with E-state index in [0.717, 1.165) is 107 Å². The lowest BCUT2D eigenvalue weighted by Gasteiger charge is -2.56. The van der Waals surface area contributed by atoms with Crippen molar-refractivity contribution in [3.63, 3.8) is 0 Å². The van der Waals surface area contributed by atoms with Crippen LogP contribution in [0.1, 0.15) is 309 Å². The Balaban J connectivity index is 0.000000113. The molecule has 20 rings (SSSR count). The fraction of sp³-hybridized carbons (Fsp3) is 0.844. The topological polar surface area (TPSA) is 40.5 Å². The molecule has 0 aromatic rings. The second-order valence-corrected chi connectivity index (χ2v) is 42.4. The van der Waals surface area contributed by atoms with E-state index in [1.807, 2.05) is 0 Å². The number of allylic oxidation sites excluding steroid dienone is 14. The average Bonchev–Trinajstić information content (AvgIpc) is 1.04. The Bertz CT molecular complexity index is 2900. The van der Waals surface area contributed by atoms with Gasteiger partial charge in [0.05, 0.1) is 12.2 Å². The zero-order valence-electron chi connectivity index (χ0n) is 65.4. The van der Waals surface area contributed by atoms with Gasteiger partial charge in [-0.2, -0.15) is 0 Å². The lowest BCUT2D eigenvalue weighted by molar-refractivity contribution is -0.0340. The molecule has 0 radical (unpaired) electrons. The minimum Gasteiger partial charge on any atom is -0.393 e. The first kappa shape index (κ1) is 72.8. The van der Waals surface area contributed by atoms with Crippen LogP contribution in [-0.2, 0) is 0 Å². The highest BCUT2D eigenvalue weighted by Crippen LogP contribution is 2.69. The van der Waals surface area contributed by atoms with E-state index in [2.05, 4.69) is 242 Å². The Hall–Kier alpha value is -1.90. The fourth-order valence-corrected chi connectivity index (χ4v) is 24.6. The Labute approximate surface area is 570 Å². The molecule has 12 bridgehead atoms. The predicted molar refractivity (Wildman–Crippen MR) is 397 cm³/mol. The first-order valence-corrected chi connectivity index (χ1v) is 39.3. The highest BCUT2D eigenvalue weighted by Gasteiger charge is 2.63. The van der Waals surface area contributed by atoms with Crippen LogP contribution in [0.25, 0.3) is 0 Å².